The fourth-order valence-corrected chi connectivity index (χ4v) is 3.67. The molecule has 0 aromatic heterocycles. The third-order valence-corrected chi connectivity index (χ3v) is 6.18. The number of carbonyl (C=O) groups excluding carboxylic acids is 2. The molecule has 0 heterocycles. The zero-order valence-electron chi connectivity index (χ0n) is 19.1. The summed E-state index contributed by atoms with van der Waals surface area (Å²) >= 11 is 0. The lowest BCUT2D eigenvalue weighted by molar-refractivity contribution is -0.124. The SMILES string of the molecule is Cc1ccc(NC(=O)NC(=O)C(C)N(C)CCCOc2cccc(S(C)(=O)=O)c2)c(C)c1. The highest BCUT2D eigenvalue weighted by atomic mass is 32.2. The van der Waals surface area contributed by atoms with Gasteiger partial charge in [-0.25, -0.2) is 13.2 Å². The number of sulfone groups is 1. The van der Waals surface area contributed by atoms with E-state index in [2.05, 4.69) is 10.6 Å². The first-order chi connectivity index (χ1) is 15.0. The summed E-state index contributed by atoms with van der Waals surface area (Å²) in [5.74, 6) is 0.0703. The molecule has 0 aliphatic heterocycles. The summed E-state index contributed by atoms with van der Waals surface area (Å²) in [6.07, 6.45) is 1.77. The maximum atomic E-state index is 12.4. The smallest absolute Gasteiger partial charge is 0.325 e. The van der Waals surface area contributed by atoms with E-state index in [1.165, 1.54) is 12.1 Å². The fraction of sp³-hybridized carbons (Fsp3) is 0.391. The number of carbonyl (C=O) groups is 2. The Labute approximate surface area is 189 Å². The van der Waals surface area contributed by atoms with Crippen LogP contribution in [0, 0.1) is 13.8 Å². The molecule has 2 N–H and O–H groups in total. The Morgan fingerprint density at radius 3 is 2.50 bits per heavy atom. The number of nitrogens with one attached hydrogen (secondary N) is 2. The zero-order valence-corrected chi connectivity index (χ0v) is 20.0. The van der Waals surface area contributed by atoms with Crippen LogP contribution >= 0.6 is 0 Å². The van der Waals surface area contributed by atoms with Gasteiger partial charge in [-0.1, -0.05) is 23.8 Å². The quantitative estimate of drug-likeness (QED) is 0.556. The standard InChI is InChI=1S/C23H31N3O5S/c1-16-10-11-21(17(2)14-16)24-23(28)25-22(27)18(3)26(4)12-7-13-31-19-8-6-9-20(15-19)32(5,29)30/h6,8-11,14-15,18H,7,12-13H2,1-5H3,(H2,24,25,27,28). The average Bonchev–Trinajstić information content (AvgIpc) is 2.72. The molecule has 1 unspecified atom stereocenters. The molecular formula is C23H31N3O5S. The van der Waals surface area contributed by atoms with Crippen LogP contribution in [0.1, 0.15) is 24.5 Å². The average molecular weight is 462 g/mol. The molecule has 0 saturated carbocycles. The number of urea groups is 1. The number of ether oxygens (including phenoxy) is 1. The van der Waals surface area contributed by atoms with Crippen LogP contribution in [0.3, 0.4) is 0 Å². The van der Waals surface area contributed by atoms with Crippen LogP contribution in [0.5, 0.6) is 5.75 Å². The van der Waals surface area contributed by atoms with E-state index in [-0.39, 0.29) is 4.90 Å². The Balaban J connectivity index is 1.77. The van der Waals surface area contributed by atoms with Crippen molar-refractivity contribution in [3.63, 3.8) is 0 Å². The minimum Gasteiger partial charge on any atom is -0.494 e. The fourth-order valence-electron chi connectivity index (χ4n) is 3.02. The van der Waals surface area contributed by atoms with Crippen molar-refractivity contribution in [1.82, 2.24) is 10.2 Å². The van der Waals surface area contributed by atoms with Crippen LogP contribution in [-0.4, -0.2) is 57.8 Å². The molecule has 9 heteroatoms. The van der Waals surface area contributed by atoms with Gasteiger partial charge in [0.15, 0.2) is 9.84 Å². The van der Waals surface area contributed by atoms with Crippen LogP contribution in [-0.2, 0) is 14.6 Å². The molecule has 0 saturated heterocycles. The number of imide groups is 1. The second kappa shape index (κ2) is 11.1. The van der Waals surface area contributed by atoms with Gasteiger partial charge in [0.1, 0.15) is 5.75 Å². The highest BCUT2D eigenvalue weighted by Gasteiger charge is 2.20. The Morgan fingerprint density at radius 2 is 1.84 bits per heavy atom. The third kappa shape index (κ3) is 7.65. The largest absolute Gasteiger partial charge is 0.494 e. The molecule has 2 aromatic rings. The van der Waals surface area contributed by atoms with Gasteiger partial charge < -0.3 is 10.1 Å². The molecule has 8 nitrogen and oxygen atoms in total. The van der Waals surface area contributed by atoms with Crippen LogP contribution < -0.4 is 15.4 Å². The Kier molecular flexibility index (Phi) is 8.80. The summed E-state index contributed by atoms with van der Waals surface area (Å²) in [6.45, 7) is 6.49. The predicted octanol–water partition coefficient (Wildman–Crippen LogP) is 3.14. The van der Waals surface area contributed by atoms with Crippen molar-refractivity contribution in [2.75, 3.05) is 31.8 Å². The minimum atomic E-state index is -3.29. The maximum absolute atomic E-state index is 12.4. The molecule has 174 valence electrons. The van der Waals surface area contributed by atoms with E-state index >= 15 is 0 Å². The summed E-state index contributed by atoms with van der Waals surface area (Å²) in [5, 5.41) is 5.06. The number of likely N-dealkylation sites (N-methyl/N-ethyl adjacent to an activating group) is 1. The van der Waals surface area contributed by atoms with E-state index in [1.54, 1.807) is 32.2 Å². The predicted molar refractivity (Wildman–Crippen MR) is 125 cm³/mol. The number of aryl methyl sites for hydroxylation is 2. The summed E-state index contributed by atoms with van der Waals surface area (Å²) < 4.78 is 28.9. The number of amides is 3. The van der Waals surface area contributed by atoms with Gasteiger partial charge in [0.05, 0.1) is 17.5 Å². The van der Waals surface area contributed by atoms with Crippen molar-refractivity contribution in [2.24, 2.45) is 0 Å². The van der Waals surface area contributed by atoms with Gasteiger partial charge in [0.25, 0.3) is 0 Å². The molecule has 1 atom stereocenters. The number of nitrogens with zero attached hydrogens (tertiary/aromatic N) is 1. The molecule has 0 radical (unpaired) electrons. The van der Waals surface area contributed by atoms with Crippen LogP contribution in [0.2, 0.25) is 0 Å². The Morgan fingerprint density at radius 1 is 1.12 bits per heavy atom. The van der Waals surface area contributed by atoms with Crippen molar-refractivity contribution in [3.05, 3.63) is 53.6 Å². The molecule has 0 aliphatic carbocycles. The van der Waals surface area contributed by atoms with Crippen molar-refractivity contribution < 1.29 is 22.7 Å². The first-order valence-corrected chi connectivity index (χ1v) is 12.2. The molecule has 0 spiro atoms. The summed E-state index contributed by atoms with van der Waals surface area (Å²) in [7, 11) is -1.50. The van der Waals surface area contributed by atoms with Crippen molar-refractivity contribution in [2.45, 2.75) is 38.1 Å². The van der Waals surface area contributed by atoms with Gasteiger partial charge in [-0.2, -0.15) is 0 Å². The van der Waals surface area contributed by atoms with E-state index in [0.29, 0.717) is 31.0 Å². The molecule has 2 rings (SSSR count). The molecule has 0 aliphatic rings. The van der Waals surface area contributed by atoms with Gasteiger partial charge >= 0.3 is 6.03 Å². The van der Waals surface area contributed by atoms with Gasteiger partial charge in [0.2, 0.25) is 5.91 Å². The van der Waals surface area contributed by atoms with E-state index in [4.69, 9.17) is 4.74 Å². The number of anilines is 1. The number of rotatable bonds is 9. The topological polar surface area (TPSA) is 105 Å². The van der Waals surface area contributed by atoms with Crippen LogP contribution in [0.25, 0.3) is 0 Å². The third-order valence-electron chi connectivity index (χ3n) is 5.06. The summed E-state index contributed by atoms with van der Waals surface area (Å²) in [4.78, 5) is 26.6. The van der Waals surface area contributed by atoms with Crippen molar-refractivity contribution >= 4 is 27.5 Å². The maximum Gasteiger partial charge on any atom is 0.325 e. The second-order valence-corrected chi connectivity index (χ2v) is 9.88. The summed E-state index contributed by atoms with van der Waals surface area (Å²) in [6, 6.07) is 10.9. The van der Waals surface area contributed by atoms with Gasteiger partial charge in [-0.05, 0) is 64.1 Å². The molecule has 0 bridgehead atoms. The molecule has 32 heavy (non-hydrogen) atoms. The second-order valence-electron chi connectivity index (χ2n) is 7.87. The van der Waals surface area contributed by atoms with E-state index in [0.717, 1.165) is 17.4 Å². The van der Waals surface area contributed by atoms with E-state index in [1.807, 2.05) is 30.9 Å². The first kappa shape index (κ1) is 25.4. The van der Waals surface area contributed by atoms with Gasteiger partial charge in [-0.15, -0.1) is 0 Å². The van der Waals surface area contributed by atoms with Gasteiger partial charge in [0, 0.05) is 18.5 Å². The highest BCUT2D eigenvalue weighted by molar-refractivity contribution is 7.90. The summed E-state index contributed by atoms with van der Waals surface area (Å²) in [5.41, 5.74) is 2.66. The first-order valence-electron chi connectivity index (χ1n) is 10.3. The van der Waals surface area contributed by atoms with E-state index in [9.17, 15) is 18.0 Å². The highest BCUT2D eigenvalue weighted by Crippen LogP contribution is 2.18. The molecule has 0 fully saturated rings. The number of hydrogen-bond acceptors (Lipinski definition) is 6. The van der Waals surface area contributed by atoms with Crippen LogP contribution in [0.15, 0.2) is 47.4 Å². The molecular weight excluding hydrogens is 430 g/mol. The van der Waals surface area contributed by atoms with Crippen molar-refractivity contribution in [3.8, 4) is 5.75 Å². The van der Waals surface area contributed by atoms with Crippen molar-refractivity contribution in [1.29, 1.82) is 0 Å². The molecule has 2 aromatic carbocycles. The lowest BCUT2D eigenvalue weighted by atomic mass is 10.1. The minimum absolute atomic E-state index is 0.205. The van der Waals surface area contributed by atoms with Crippen LogP contribution in [0.4, 0.5) is 10.5 Å². The number of benzene rings is 2. The van der Waals surface area contributed by atoms with Gasteiger partial charge in [-0.3, -0.25) is 15.0 Å². The lowest BCUT2D eigenvalue weighted by Crippen LogP contribution is -2.47. The Hall–Kier alpha value is -2.91. The zero-order chi connectivity index (χ0) is 23.9. The molecule has 3 amide bonds. The lowest BCUT2D eigenvalue weighted by Gasteiger charge is -2.23. The Bertz CT molecular complexity index is 1070. The monoisotopic (exact) mass is 461 g/mol. The van der Waals surface area contributed by atoms with E-state index < -0.39 is 27.8 Å². The normalized spacial score (nSPS) is 12.3. The number of hydrogen-bond donors (Lipinski definition) is 2.